The molecule has 0 aromatic rings. The molecule has 1 saturated heterocycles. The molecular weight excluding hydrogens is 194 g/mol. The third kappa shape index (κ3) is 2.00. The van der Waals surface area contributed by atoms with E-state index in [0.717, 1.165) is 4.31 Å². The van der Waals surface area contributed by atoms with Crippen LogP contribution in [0.1, 0.15) is 20.3 Å². The summed E-state index contributed by atoms with van der Waals surface area (Å²) in [5, 5.41) is 8.53. The predicted molar refractivity (Wildman–Crippen MR) is 46.8 cm³/mol. The van der Waals surface area contributed by atoms with E-state index in [-0.39, 0.29) is 5.75 Å². The van der Waals surface area contributed by atoms with E-state index in [1.807, 2.05) is 0 Å². The Bertz CT molecular complexity index is 319. The lowest BCUT2D eigenvalue weighted by atomic mass is 10.0. The summed E-state index contributed by atoms with van der Waals surface area (Å²) in [6.07, 6.45) is 0.489. The summed E-state index contributed by atoms with van der Waals surface area (Å²) < 4.78 is 23.8. The van der Waals surface area contributed by atoms with Crippen LogP contribution in [0.15, 0.2) is 0 Å². The molecule has 0 spiro atoms. The van der Waals surface area contributed by atoms with Crippen molar-refractivity contribution >= 4 is 16.0 Å². The summed E-state index contributed by atoms with van der Waals surface area (Å²) in [6, 6.07) is 0. The molecule has 0 saturated carbocycles. The van der Waals surface area contributed by atoms with Gasteiger partial charge < -0.3 is 5.11 Å². The van der Waals surface area contributed by atoms with Gasteiger partial charge in [-0.3, -0.25) is 4.79 Å². The molecule has 1 N–H and O–H groups in total. The molecule has 0 aromatic carbocycles. The van der Waals surface area contributed by atoms with E-state index in [4.69, 9.17) is 5.11 Å². The van der Waals surface area contributed by atoms with Crippen molar-refractivity contribution < 1.29 is 18.3 Å². The minimum Gasteiger partial charge on any atom is -0.480 e. The molecule has 5 nitrogen and oxygen atoms in total. The predicted octanol–water partition coefficient (Wildman–Crippen LogP) is -0.115. The van der Waals surface area contributed by atoms with Crippen molar-refractivity contribution in [1.29, 1.82) is 0 Å². The third-order valence-electron chi connectivity index (χ3n) is 2.26. The van der Waals surface area contributed by atoms with E-state index < -0.39 is 28.1 Å². The Balaban J connectivity index is 2.95. The van der Waals surface area contributed by atoms with Gasteiger partial charge in [0.05, 0.1) is 5.75 Å². The van der Waals surface area contributed by atoms with Crippen molar-refractivity contribution in [3.63, 3.8) is 0 Å². The molecule has 0 aliphatic carbocycles. The molecule has 0 aromatic heterocycles. The zero-order valence-electron chi connectivity index (χ0n) is 7.65. The Morgan fingerprint density at radius 1 is 1.54 bits per heavy atom. The number of aliphatic carboxylic acids is 1. The van der Waals surface area contributed by atoms with Crippen molar-refractivity contribution in [2.24, 2.45) is 0 Å². The summed E-state index contributed by atoms with van der Waals surface area (Å²) in [5.41, 5.74) is -0.558. The molecule has 0 amide bonds. The Kier molecular flexibility index (Phi) is 2.38. The second kappa shape index (κ2) is 2.95. The zero-order chi connectivity index (χ0) is 10.3. The Morgan fingerprint density at radius 3 is 2.38 bits per heavy atom. The van der Waals surface area contributed by atoms with Gasteiger partial charge in [-0.05, 0) is 20.3 Å². The number of nitrogens with zero attached hydrogens (tertiary/aromatic N) is 1. The summed E-state index contributed by atoms with van der Waals surface area (Å²) in [5.74, 6) is -1.06. The fourth-order valence-electron chi connectivity index (χ4n) is 1.43. The minimum absolute atomic E-state index is 0.0489. The topological polar surface area (TPSA) is 74.7 Å². The van der Waals surface area contributed by atoms with Crippen LogP contribution < -0.4 is 0 Å². The molecule has 1 heterocycles. The van der Waals surface area contributed by atoms with Crippen molar-refractivity contribution in [3.8, 4) is 0 Å². The van der Waals surface area contributed by atoms with Gasteiger partial charge in [0.25, 0.3) is 0 Å². The molecule has 1 rings (SSSR count). The van der Waals surface area contributed by atoms with Gasteiger partial charge in [0.15, 0.2) is 0 Å². The van der Waals surface area contributed by atoms with E-state index in [0.29, 0.717) is 6.42 Å². The van der Waals surface area contributed by atoms with Crippen molar-refractivity contribution in [3.05, 3.63) is 0 Å². The molecular formula is C7H13NO4S. The Hall–Kier alpha value is -0.620. The largest absolute Gasteiger partial charge is 0.480 e. The van der Waals surface area contributed by atoms with Crippen LogP contribution in [0.5, 0.6) is 0 Å². The monoisotopic (exact) mass is 207 g/mol. The van der Waals surface area contributed by atoms with Crippen molar-refractivity contribution in [2.75, 3.05) is 12.3 Å². The van der Waals surface area contributed by atoms with Gasteiger partial charge in [0, 0.05) is 5.54 Å². The maximum absolute atomic E-state index is 11.4. The second-order valence-electron chi connectivity index (χ2n) is 3.78. The summed E-state index contributed by atoms with van der Waals surface area (Å²) >= 11 is 0. The van der Waals surface area contributed by atoms with Gasteiger partial charge >= 0.3 is 5.97 Å². The van der Waals surface area contributed by atoms with Gasteiger partial charge in [-0.1, -0.05) is 0 Å². The van der Waals surface area contributed by atoms with Gasteiger partial charge in [-0.2, -0.15) is 4.31 Å². The molecule has 1 aliphatic rings. The molecule has 1 aliphatic heterocycles. The van der Waals surface area contributed by atoms with Crippen LogP contribution in [-0.2, 0) is 14.8 Å². The van der Waals surface area contributed by atoms with Crippen molar-refractivity contribution in [2.45, 2.75) is 25.8 Å². The number of carboxylic acids is 1. The van der Waals surface area contributed by atoms with E-state index in [1.165, 1.54) is 0 Å². The fraction of sp³-hybridized carbons (Fsp3) is 0.857. The Labute approximate surface area is 77.4 Å². The number of sulfonamides is 1. The summed E-state index contributed by atoms with van der Waals surface area (Å²) in [6.45, 7) is 3.04. The van der Waals surface area contributed by atoms with Crippen LogP contribution in [0, 0.1) is 0 Å². The lowest BCUT2D eigenvalue weighted by Crippen LogP contribution is -2.43. The summed E-state index contributed by atoms with van der Waals surface area (Å²) in [4.78, 5) is 10.4. The van der Waals surface area contributed by atoms with Crippen molar-refractivity contribution in [1.82, 2.24) is 4.31 Å². The van der Waals surface area contributed by atoms with Gasteiger partial charge in [0.1, 0.15) is 6.54 Å². The zero-order valence-corrected chi connectivity index (χ0v) is 8.47. The third-order valence-corrected chi connectivity index (χ3v) is 4.28. The van der Waals surface area contributed by atoms with Crippen LogP contribution in [0.25, 0.3) is 0 Å². The van der Waals surface area contributed by atoms with Crippen LogP contribution >= 0.6 is 0 Å². The maximum Gasteiger partial charge on any atom is 0.318 e. The van der Waals surface area contributed by atoms with E-state index in [2.05, 4.69) is 0 Å². The number of hydrogen-bond donors (Lipinski definition) is 1. The van der Waals surface area contributed by atoms with Gasteiger partial charge in [0.2, 0.25) is 10.0 Å². The number of carbonyl (C=O) groups is 1. The number of hydrogen-bond acceptors (Lipinski definition) is 3. The van der Waals surface area contributed by atoms with Crippen LogP contribution in [0.2, 0.25) is 0 Å². The van der Waals surface area contributed by atoms with E-state index in [1.54, 1.807) is 13.8 Å². The second-order valence-corrected chi connectivity index (χ2v) is 5.79. The molecule has 13 heavy (non-hydrogen) atoms. The highest BCUT2D eigenvalue weighted by atomic mass is 32.2. The molecule has 76 valence electrons. The lowest BCUT2D eigenvalue weighted by Gasteiger charge is -2.27. The molecule has 0 atom stereocenters. The van der Waals surface area contributed by atoms with Gasteiger partial charge in [-0.15, -0.1) is 0 Å². The van der Waals surface area contributed by atoms with Crippen LogP contribution in [-0.4, -0.2) is 41.6 Å². The smallest absolute Gasteiger partial charge is 0.318 e. The quantitative estimate of drug-likeness (QED) is 0.685. The van der Waals surface area contributed by atoms with Gasteiger partial charge in [-0.25, -0.2) is 8.42 Å². The highest BCUT2D eigenvalue weighted by Gasteiger charge is 2.43. The standard InChI is InChI=1S/C7H13NO4S/c1-7(2)3-4-13(11,12)8(7)5-6(9)10/h3-5H2,1-2H3,(H,9,10). The first-order valence-corrected chi connectivity index (χ1v) is 5.59. The normalized spacial score (nSPS) is 26.0. The highest BCUT2D eigenvalue weighted by molar-refractivity contribution is 7.89. The SMILES string of the molecule is CC1(C)CCS(=O)(=O)N1CC(=O)O. The first kappa shape index (κ1) is 10.5. The average Bonchev–Trinajstić information content (AvgIpc) is 2.12. The average molecular weight is 207 g/mol. The molecule has 0 radical (unpaired) electrons. The molecule has 0 unspecified atom stereocenters. The fourth-order valence-corrected chi connectivity index (χ4v) is 3.55. The van der Waals surface area contributed by atoms with Crippen LogP contribution in [0.3, 0.4) is 0 Å². The lowest BCUT2D eigenvalue weighted by molar-refractivity contribution is -0.137. The molecule has 6 heteroatoms. The molecule has 0 bridgehead atoms. The number of carboxylic acid groups (broad SMARTS) is 1. The first-order chi connectivity index (χ1) is 5.76. The minimum atomic E-state index is -3.34. The van der Waals surface area contributed by atoms with E-state index in [9.17, 15) is 13.2 Å². The van der Waals surface area contributed by atoms with E-state index >= 15 is 0 Å². The number of rotatable bonds is 2. The maximum atomic E-state index is 11.4. The van der Waals surface area contributed by atoms with Crippen LogP contribution in [0.4, 0.5) is 0 Å². The highest BCUT2D eigenvalue weighted by Crippen LogP contribution is 2.30. The summed E-state index contributed by atoms with van der Waals surface area (Å²) in [7, 11) is -3.34. The Morgan fingerprint density at radius 2 is 2.08 bits per heavy atom. The molecule has 1 fully saturated rings. The first-order valence-electron chi connectivity index (χ1n) is 3.98.